The highest BCUT2D eigenvalue weighted by atomic mass is 32.2. The van der Waals surface area contributed by atoms with E-state index in [0.717, 1.165) is 30.6 Å². The van der Waals surface area contributed by atoms with Gasteiger partial charge in [0.1, 0.15) is 0 Å². The lowest BCUT2D eigenvalue weighted by Crippen LogP contribution is -2.51. The van der Waals surface area contributed by atoms with Crippen LogP contribution in [-0.2, 0) is 26.1 Å². The molecule has 2 aromatic rings. The van der Waals surface area contributed by atoms with Gasteiger partial charge in [0.05, 0.1) is 23.3 Å². The van der Waals surface area contributed by atoms with E-state index in [1.807, 2.05) is 19.1 Å². The van der Waals surface area contributed by atoms with Crippen molar-refractivity contribution >= 4 is 27.7 Å². The van der Waals surface area contributed by atoms with Gasteiger partial charge in [0.2, 0.25) is 21.1 Å². The molecule has 2 aliphatic heterocycles. The fourth-order valence-corrected chi connectivity index (χ4v) is 6.44. The first kappa shape index (κ1) is 23.1. The smallest absolute Gasteiger partial charge is 0.243 e. The zero-order valence-electron chi connectivity index (χ0n) is 18.3. The van der Waals surface area contributed by atoms with Crippen molar-refractivity contribution in [2.45, 2.75) is 49.4 Å². The van der Waals surface area contributed by atoms with E-state index in [9.17, 15) is 13.2 Å². The maximum absolute atomic E-state index is 13.1. The molecular formula is C20H28N6O4S2. The number of sulfonamides is 1. The van der Waals surface area contributed by atoms with Crippen LogP contribution in [0, 0.1) is 13.8 Å². The molecule has 174 valence electrons. The molecule has 1 aromatic carbocycles. The monoisotopic (exact) mass is 480 g/mol. The molecule has 0 N–H and O–H groups in total. The average molecular weight is 481 g/mol. The van der Waals surface area contributed by atoms with Crippen LogP contribution in [0.15, 0.2) is 28.3 Å². The number of aromatic nitrogens is 4. The van der Waals surface area contributed by atoms with E-state index in [1.165, 1.54) is 16.1 Å². The maximum atomic E-state index is 13.1. The number of hydrogen-bond acceptors (Lipinski definition) is 8. The van der Waals surface area contributed by atoms with Crippen LogP contribution in [0.5, 0.6) is 0 Å². The molecule has 0 radical (unpaired) electrons. The molecule has 0 aliphatic carbocycles. The Labute approximate surface area is 192 Å². The highest BCUT2D eigenvalue weighted by Gasteiger charge is 2.31. The average Bonchev–Trinajstić information content (AvgIpc) is 3.46. The van der Waals surface area contributed by atoms with Crippen LogP contribution < -0.4 is 0 Å². The largest absolute Gasteiger partial charge is 0.376 e. The second-order valence-corrected chi connectivity index (χ2v) is 11.0. The van der Waals surface area contributed by atoms with Gasteiger partial charge in [-0.1, -0.05) is 23.9 Å². The number of rotatable bonds is 7. The summed E-state index contributed by atoms with van der Waals surface area (Å²) in [5.74, 6) is 0.153. The quantitative estimate of drug-likeness (QED) is 0.542. The molecule has 12 heteroatoms. The van der Waals surface area contributed by atoms with E-state index >= 15 is 0 Å². The van der Waals surface area contributed by atoms with Crippen molar-refractivity contribution in [2.75, 3.05) is 38.5 Å². The van der Waals surface area contributed by atoms with Gasteiger partial charge in [-0.3, -0.25) is 4.79 Å². The molecule has 0 saturated carbocycles. The Morgan fingerprint density at radius 3 is 2.72 bits per heavy atom. The number of tetrazole rings is 1. The van der Waals surface area contributed by atoms with Crippen LogP contribution in [0.25, 0.3) is 0 Å². The minimum Gasteiger partial charge on any atom is -0.376 e. The maximum Gasteiger partial charge on any atom is 0.243 e. The van der Waals surface area contributed by atoms with Crippen molar-refractivity contribution in [1.82, 2.24) is 29.4 Å². The lowest BCUT2D eigenvalue weighted by atomic mass is 10.2. The number of thioether (sulfide) groups is 1. The van der Waals surface area contributed by atoms with Gasteiger partial charge in [-0.2, -0.15) is 4.31 Å². The van der Waals surface area contributed by atoms with Gasteiger partial charge in [-0.05, 0) is 54.3 Å². The summed E-state index contributed by atoms with van der Waals surface area (Å²) in [6.45, 7) is 6.32. The lowest BCUT2D eigenvalue weighted by molar-refractivity contribution is -0.129. The number of amides is 1. The number of nitrogens with zero attached hydrogens (tertiary/aromatic N) is 6. The predicted molar refractivity (Wildman–Crippen MR) is 119 cm³/mol. The summed E-state index contributed by atoms with van der Waals surface area (Å²) in [5.41, 5.74) is 1.63. The molecule has 10 nitrogen and oxygen atoms in total. The van der Waals surface area contributed by atoms with Crippen molar-refractivity contribution < 1.29 is 17.9 Å². The van der Waals surface area contributed by atoms with Crippen LogP contribution in [0.1, 0.15) is 24.0 Å². The number of carbonyl (C=O) groups is 1. The summed E-state index contributed by atoms with van der Waals surface area (Å²) >= 11 is 1.29. The van der Waals surface area contributed by atoms with Gasteiger partial charge in [-0.25, -0.2) is 13.1 Å². The molecule has 0 spiro atoms. The second-order valence-electron chi connectivity index (χ2n) is 8.12. The van der Waals surface area contributed by atoms with Crippen LogP contribution in [0.2, 0.25) is 0 Å². The first-order valence-electron chi connectivity index (χ1n) is 10.7. The Kier molecular flexibility index (Phi) is 7.13. The molecule has 0 bridgehead atoms. The molecule has 3 heterocycles. The van der Waals surface area contributed by atoms with E-state index in [0.29, 0.717) is 29.7 Å². The lowest BCUT2D eigenvalue weighted by Gasteiger charge is -2.34. The molecular weight excluding hydrogens is 452 g/mol. The number of ether oxygens (including phenoxy) is 1. The minimum atomic E-state index is -3.58. The highest BCUT2D eigenvalue weighted by Crippen LogP contribution is 2.23. The van der Waals surface area contributed by atoms with E-state index in [-0.39, 0.29) is 30.9 Å². The Hall–Kier alpha value is -2.02. The summed E-state index contributed by atoms with van der Waals surface area (Å²) in [6, 6.07) is 5.44. The van der Waals surface area contributed by atoms with Crippen molar-refractivity contribution in [3.8, 4) is 0 Å². The van der Waals surface area contributed by atoms with Crippen molar-refractivity contribution in [1.29, 1.82) is 0 Å². The minimum absolute atomic E-state index is 0.0505. The van der Waals surface area contributed by atoms with Gasteiger partial charge < -0.3 is 9.64 Å². The van der Waals surface area contributed by atoms with Gasteiger partial charge in [0, 0.05) is 32.8 Å². The van der Waals surface area contributed by atoms with Crippen molar-refractivity contribution in [3.63, 3.8) is 0 Å². The first-order chi connectivity index (χ1) is 15.3. The molecule has 32 heavy (non-hydrogen) atoms. The van der Waals surface area contributed by atoms with E-state index in [1.54, 1.807) is 22.6 Å². The number of aryl methyl sites for hydroxylation is 2. The number of piperazine rings is 1. The normalized spacial score (nSPS) is 20.1. The first-order valence-corrected chi connectivity index (χ1v) is 13.1. The molecule has 2 fully saturated rings. The summed E-state index contributed by atoms with van der Waals surface area (Å²) in [4.78, 5) is 14.8. The third-order valence-electron chi connectivity index (χ3n) is 5.78. The van der Waals surface area contributed by atoms with Gasteiger partial charge in [-0.15, -0.1) is 5.10 Å². The Morgan fingerprint density at radius 1 is 1.22 bits per heavy atom. The number of carbonyl (C=O) groups excluding carboxylic acids is 1. The van der Waals surface area contributed by atoms with Crippen molar-refractivity contribution in [3.05, 3.63) is 29.3 Å². The van der Waals surface area contributed by atoms with E-state index in [4.69, 9.17) is 4.74 Å². The topological polar surface area (TPSA) is 111 Å². The Bertz CT molecular complexity index is 1060. The summed E-state index contributed by atoms with van der Waals surface area (Å²) in [6.07, 6.45) is 2.14. The standard InChI is InChI=1S/C20H28N6O4S2/c1-15-5-6-16(2)18(12-15)32(28,29)25-9-7-24(8-10-25)19(27)14-31-20-21-22-23-26(20)13-17-4-3-11-30-17/h5-6,12,17H,3-4,7-11,13-14H2,1-2H3. The summed E-state index contributed by atoms with van der Waals surface area (Å²) < 4.78 is 34.9. The van der Waals surface area contributed by atoms with E-state index < -0.39 is 10.0 Å². The van der Waals surface area contributed by atoms with Gasteiger partial charge in [0.25, 0.3) is 0 Å². The fourth-order valence-electron chi connectivity index (χ4n) is 3.92. The highest BCUT2D eigenvalue weighted by molar-refractivity contribution is 7.99. The van der Waals surface area contributed by atoms with E-state index in [2.05, 4.69) is 15.5 Å². The molecule has 2 saturated heterocycles. The summed E-state index contributed by atoms with van der Waals surface area (Å²) in [5, 5.41) is 12.3. The molecule has 1 amide bonds. The van der Waals surface area contributed by atoms with Crippen LogP contribution in [0.3, 0.4) is 0 Å². The van der Waals surface area contributed by atoms with Crippen LogP contribution in [0.4, 0.5) is 0 Å². The summed E-state index contributed by atoms with van der Waals surface area (Å²) in [7, 11) is -3.58. The third kappa shape index (κ3) is 5.13. The second kappa shape index (κ2) is 9.86. The van der Waals surface area contributed by atoms with Crippen LogP contribution in [-0.4, -0.2) is 88.4 Å². The molecule has 4 rings (SSSR count). The van der Waals surface area contributed by atoms with Crippen molar-refractivity contribution in [2.24, 2.45) is 0 Å². The zero-order valence-corrected chi connectivity index (χ0v) is 19.9. The molecule has 2 aliphatic rings. The van der Waals surface area contributed by atoms with Gasteiger partial charge in [0.15, 0.2) is 0 Å². The number of hydrogen-bond donors (Lipinski definition) is 0. The van der Waals surface area contributed by atoms with Gasteiger partial charge >= 0.3 is 0 Å². The molecule has 1 unspecified atom stereocenters. The van der Waals surface area contributed by atoms with Crippen LogP contribution >= 0.6 is 11.8 Å². The molecule has 1 atom stereocenters. The third-order valence-corrected chi connectivity index (χ3v) is 8.76. The Morgan fingerprint density at radius 2 is 2.00 bits per heavy atom. The molecule has 1 aromatic heterocycles. The fraction of sp³-hybridized carbons (Fsp3) is 0.600. The Balaban J connectivity index is 1.30. The zero-order chi connectivity index (χ0) is 22.7. The predicted octanol–water partition coefficient (Wildman–Crippen LogP) is 1.09. The number of benzene rings is 1. The SMILES string of the molecule is Cc1ccc(C)c(S(=O)(=O)N2CCN(C(=O)CSc3nnnn3CC3CCCO3)CC2)c1.